The van der Waals surface area contributed by atoms with E-state index < -0.39 is 6.10 Å². The van der Waals surface area contributed by atoms with Crippen molar-refractivity contribution in [1.82, 2.24) is 10.6 Å². The topological polar surface area (TPSA) is 87.7 Å². The van der Waals surface area contributed by atoms with Crippen molar-refractivity contribution < 1.29 is 19.4 Å². The zero-order valence-corrected chi connectivity index (χ0v) is 19.5. The number of rotatable bonds is 7. The quantitative estimate of drug-likeness (QED) is 0.605. The molecule has 1 aromatic carbocycles. The van der Waals surface area contributed by atoms with Gasteiger partial charge < -0.3 is 20.5 Å². The molecule has 0 saturated heterocycles. The summed E-state index contributed by atoms with van der Waals surface area (Å²) < 4.78 is 5.60. The zero-order valence-electron chi connectivity index (χ0n) is 19.5. The first kappa shape index (κ1) is 23.1. The summed E-state index contributed by atoms with van der Waals surface area (Å²) in [5.41, 5.74) is 0.0454. The van der Waals surface area contributed by atoms with Gasteiger partial charge in [0.2, 0.25) is 5.91 Å². The van der Waals surface area contributed by atoms with Gasteiger partial charge in [0.15, 0.2) is 6.61 Å². The van der Waals surface area contributed by atoms with Crippen LogP contribution in [0.2, 0.25) is 0 Å². The van der Waals surface area contributed by atoms with E-state index in [2.05, 4.69) is 24.5 Å². The molecule has 1 aromatic rings. The number of aliphatic hydroxyl groups is 1. The Kier molecular flexibility index (Phi) is 6.80. The molecule has 0 aliphatic heterocycles. The molecule has 0 radical (unpaired) electrons. The summed E-state index contributed by atoms with van der Waals surface area (Å²) in [6.45, 7) is 6.37. The van der Waals surface area contributed by atoms with Crippen LogP contribution in [0.1, 0.15) is 59.3 Å². The van der Waals surface area contributed by atoms with Gasteiger partial charge in [-0.25, -0.2) is 0 Å². The minimum atomic E-state index is -0.538. The molecule has 7 atom stereocenters. The molecule has 0 aromatic heterocycles. The number of nitrogens with one attached hydrogen (secondary N) is 2. The van der Waals surface area contributed by atoms with Crippen molar-refractivity contribution in [3.8, 4) is 5.75 Å². The molecule has 3 fully saturated rings. The van der Waals surface area contributed by atoms with Gasteiger partial charge in [-0.3, -0.25) is 9.59 Å². The molecule has 0 heterocycles. The summed E-state index contributed by atoms with van der Waals surface area (Å²) in [6.07, 6.45) is 5.37. The summed E-state index contributed by atoms with van der Waals surface area (Å²) in [5, 5.41) is 17.7. The number of carbonyl (C=O) groups is 2. The normalized spacial score (nSPS) is 35.3. The van der Waals surface area contributed by atoms with Crippen molar-refractivity contribution in [3.05, 3.63) is 30.3 Å². The summed E-state index contributed by atoms with van der Waals surface area (Å²) in [6, 6.07) is 9.68. The lowest BCUT2D eigenvalue weighted by Gasteiger charge is -2.56. The van der Waals surface area contributed by atoms with E-state index in [0.29, 0.717) is 11.8 Å². The van der Waals surface area contributed by atoms with Crippen LogP contribution in [0.15, 0.2) is 30.3 Å². The molecule has 32 heavy (non-hydrogen) atoms. The van der Waals surface area contributed by atoms with Crippen molar-refractivity contribution in [1.29, 1.82) is 0 Å². The van der Waals surface area contributed by atoms with Crippen LogP contribution in [0, 0.1) is 29.1 Å². The Balaban J connectivity index is 1.37. The molecule has 4 rings (SSSR count). The Morgan fingerprint density at radius 1 is 1.12 bits per heavy atom. The molecule has 3 N–H and O–H groups in total. The van der Waals surface area contributed by atoms with E-state index in [0.717, 1.165) is 38.5 Å². The molecule has 6 heteroatoms. The number of hydrogen-bond donors (Lipinski definition) is 3. The van der Waals surface area contributed by atoms with Gasteiger partial charge in [0, 0.05) is 18.0 Å². The fourth-order valence-corrected chi connectivity index (χ4v) is 6.17. The van der Waals surface area contributed by atoms with Gasteiger partial charge in [-0.1, -0.05) is 39.0 Å². The number of amides is 2. The van der Waals surface area contributed by atoms with Crippen molar-refractivity contribution >= 4 is 11.8 Å². The van der Waals surface area contributed by atoms with Crippen molar-refractivity contribution in [3.63, 3.8) is 0 Å². The first-order valence-corrected chi connectivity index (χ1v) is 12.2. The zero-order chi connectivity index (χ0) is 22.9. The highest BCUT2D eigenvalue weighted by atomic mass is 16.5. The molecular formula is C26H38N2O4. The number of ether oxygens (including phenoxy) is 1. The molecule has 3 aliphatic carbocycles. The standard InChI is InChI=1S/C26H38N2O4/c1-16(25(31)27-18-9-10-18)20-11-13-26(3)14-12-21(17(2)23(26)24(20)30)28-22(29)15-32-19-7-5-4-6-8-19/h4-8,16-18,20-21,23-24,30H,9-15H2,1-3H3,(H,27,31)(H,28,29)/t16-,17-,20+,21-,23+,24-,26+/m0/s1. The SMILES string of the molecule is C[C@@H]1[C@@H]2[C@@H](O)[C@@H]([C@H](C)C(=O)NC3CC3)CC[C@]2(C)CC[C@@H]1NC(=O)COc1ccccc1. The lowest BCUT2D eigenvalue weighted by Crippen LogP contribution is -2.59. The van der Waals surface area contributed by atoms with Crippen molar-refractivity contribution in [2.45, 2.75) is 77.5 Å². The first-order valence-electron chi connectivity index (χ1n) is 12.2. The third kappa shape index (κ3) is 4.95. The van der Waals surface area contributed by atoms with E-state index in [-0.39, 0.29) is 53.5 Å². The maximum Gasteiger partial charge on any atom is 0.258 e. The predicted molar refractivity (Wildman–Crippen MR) is 123 cm³/mol. The Morgan fingerprint density at radius 2 is 1.81 bits per heavy atom. The lowest BCUT2D eigenvalue weighted by molar-refractivity contribution is -0.144. The molecule has 3 saturated carbocycles. The minimum Gasteiger partial charge on any atom is -0.484 e. The van der Waals surface area contributed by atoms with Crippen molar-refractivity contribution in [2.24, 2.45) is 29.1 Å². The van der Waals surface area contributed by atoms with Crippen LogP contribution >= 0.6 is 0 Å². The fraction of sp³-hybridized carbons (Fsp3) is 0.692. The molecule has 3 aliphatic rings. The average Bonchev–Trinajstić information content (AvgIpc) is 3.59. The molecule has 0 unspecified atom stereocenters. The Bertz CT molecular complexity index is 811. The van der Waals surface area contributed by atoms with Gasteiger partial charge >= 0.3 is 0 Å². The number of carbonyl (C=O) groups excluding carboxylic acids is 2. The predicted octanol–water partition coefficient (Wildman–Crippen LogP) is 3.29. The molecule has 2 amide bonds. The summed E-state index contributed by atoms with van der Waals surface area (Å²) in [4.78, 5) is 25.2. The number of benzene rings is 1. The highest BCUT2D eigenvalue weighted by Gasteiger charge is 2.54. The van der Waals surface area contributed by atoms with Gasteiger partial charge in [-0.2, -0.15) is 0 Å². The van der Waals surface area contributed by atoms with Gasteiger partial charge in [0.1, 0.15) is 5.75 Å². The van der Waals surface area contributed by atoms with E-state index in [9.17, 15) is 14.7 Å². The monoisotopic (exact) mass is 442 g/mol. The first-order chi connectivity index (χ1) is 15.3. The summed E-state index contributed by atoms with van der Waals surface area (Å²) in [7, 11) is 0. The molecule has 176 valence electrons. The number of fused-ring (bicyclic) bond motifs is 1. The second-order valence-corrected chi connectivity index (χ2v) is 10.6. The average molecular weight is 443 g/mol. The van der Waals surface area contributed by atoms with Crippen LogP contribution in [-0.4, -0.2) is 41.7 Å². The summed E-state index contributed by atoms with van der Waals surface area (Å²) in [5.74, 6) is 0.579. The third-order valence-corrected chi connectivity index (χ3v) is 8.33. The fourth-order valence-electron chi connectivity index (χ4n) is 6.17. The second kappa shape index (κ2) is 9.42. The summed E-state index contributed by atoms with van der Waals surface area (Å²) >= 11 is 0. The number of para-hydroxylation sites is 1. The van der Waals surface area contributed by atoms with Gasteiger partial charge in [-0.15, -0.1) is 0 Å². The minimum absolute atomic E-state index is 0.00365. The lowest BCUT2D eigenvalue weighted by atomic mass is 9.51. The Morgan fingerprint density at radius 3 is 2.50 bits per heavy atom. The number of hydrogen-bond acceptors (Lipinski definition) is 4. The molecular weight excluding hydrogens is 404 g/mol. The Labute approximate surface area is 191 Å². The van der Waals surface area contributed by atoms with Crippen LogP contribution in [0.5, 0.6) is 5.75 Å². The highest BCUT2D eigenvalue weighted by Crippen LogP contribution is 2.55. The van der Waals surface area contributed by atoms with Crippen LogP contribution in [-0.2, 0) is 9.59 Å². The van der Waals surface area contributed by atoms with E-state index in [1.807, 2.05) is 37.3 Å². The highest BCUT2D eigenvalue weighted by molar-refractivity contribution is 5.79. The molecule has 0 spiro atoms. The second-order valence-electron chi connectivity index (χ2n) is 10.6. The van der Waals surface area contributed by atoms with E-state index >= 15 is 0 Å². The van der Waals surface area contributed by atoms with Crippen LogP contribution in [0.3, 0.4) is 0 Å². The number of aliphatic hydroxyl groups excluding tert-OH is 1. The third-order valence-electron chi connectivity index (χ3n) is 8.33. The van der Waals surface area contributed by atoms with Crippen LogP contribution in [0.25, 0.3) is 0 Å². The molecule has 6 nitrogen and oxygen atoms in total. The maximum atomic E-state index is 12.7. The Hall–Kier alpha value is -2.08. The maximum absolute atomic E-state index is 12.7. The van der Waals surface area contributed by atoms with Gasteiger partial charge in [0.25, 0.3) is 5.91 Å². The van der Waals surface area contributed by atoms with E-state index in [1.54, 1.807) is 0 Å². The largest absolute Gasteiger partial charge is 0.484 e. The molecule has 0 bridgehead atoms. The van der Waals surface area contributed by atoms with E-state index in [4.69, 9.17) is 4.74 Å². The van der Waals surface area contributed by atoms with Crippen molar-refractivity contribution in [2.75, 3.05) is 6.61 Å². The van der Waals surface area contributed by atoms with Crippen LogP contribution in [0.4, 0.5) is 0 Å². The smallest absolute Gasteiger partial charge is 0.258 e. The van der Waals surface area contributed by atoms with Gasteiger partial charge in [-0.05, 0) is 73.8 Å². The van der Waals surface area contributed by atoms with E-state index in [1.165, 1.54) is 0 Å². The van der Waals surface area contributed by atoms with Gasteiger partial charge in [0.05, 0.1) is 6.10 Å². The van der Waals surface area contributed by atoms with Crippen LogP contribution < -0.4 is 15.4 Å².